The van der Waals surface area contributed by atoms with Crippen LogP contribution < -0.4 is 0 Å². The zero-order chi connectivity index (χ0) is 15.4. The highest BCUT2D eigenvalue weighted by molar-refractivity contribution is 7.19. The number of carbonyl (C=O) groups is 1. The summed E-state index contributed by atoms with van der Waals surface area (Å²) in [4.78, 5) is 15.4. The number of hydrogen-bond donors (Lipinski definition) is 1. The van der Waals surface area contributed by atoms with Crippen LogP contribution in [0.2, 0.25) is 0 Å². The Morgan fingerprint density at radius 2 is 1.73 bits per heavy atom. The number of carboxylic acids is 1. The minimum Gasteiger partial charge on any atom is -0.478 e. The van der Waals surface area contributed by atoms with Crippen LogP contribution in [0.5, 0.6) is 0 Å². The molecule has 4 heteroatoms. The lowest BCUT2D eigenvalue weighted by atomic mass is 10.1. The predicted molar refractivity (Wildman–Crippen MR) is 90.7 cm³/mol. The third kappa shape index (κ3) is 3.30. The van der Waals surface area contributed by atoms with E-state index >= 15 is 0 Å². The molecule has 3 nitrogen and oxygen atoms in total. The van der Waals surface area contributed by atoms with Gasteiger partial charge in [0.25, 0.3) is 0 Å². The fourth-order valence-electron chi connectivity index (χ4n) is 2.10. The van der Waals surface area contributed by atoms with Gasteiger partial charge in [0.05, 0.1) is 10.2 Å². The van der Waals surface area contributed by atoms with Crippen molar-refractivity contribution >= 4 is 39.2 Å². The van der Waals surface area contributed by atoms with E-state index in [1.807, 2.05) is 60.7 Å². The summed E-state index contributed by atoms with van der Waals surface area (Å²) >= 11 is 1.59. The Labute approximate surface area is 131 Å². The molecular weight excluding hydrogens is 294 g/mol. The Bertz CT molecular complexity index is 830. The summed E-state index contributed by atoms with van der Waals surface area (Å²) in [6.07, 6.45) is 4.66. The van der Waals surface area contributed by atoms with Gasteiger partial charge in [0.15, 0.2) is 0 Å². The lowest BCUT2D eigenvalue weighted by Crippen LogP contribution is -1.87. The predicted octanol–water partition coefficient (Wildman–Crippen LogP) is 4.48. The van der Waals surface area contributed by atoms with Crippen molar-refractivity contribution in [2.24, 2.45) is 0 Å². The average Bonchev–Trinajstić information content (AvgIpc) is 2.94. The monoisotopic (exact) mass is 307 g/mol. The van der Waals surface area contributed by atoms with Gasteiger partial charge in [-0.1, -0.05) is 42.5 Å². The highest BCUT2D eigenvalue weighted by Gasteiger charge is 2.04. The molecular formula is C18H13NO2S. The van der Waals surface area contributed by atoms with Crippen molar-refractivity contribution in [3.63, 3.8) is 0 Å². The summed E-state index contributed by atoms with van der Waals surface area (Å²) in [5.41, 5.74) is 2.73. The van der Waals surface area contributed by atoms with Crippen LogP contribution in [0, 0.1) is 0 Å². The largest absolute Gasteiger partial charge is 0.478 e. The van der Waals surface area contributed by atoms with E-state index in [0.29, 0.717) is 0 Å². The van der Waals surface area contributed by atoms with Crippen LogP contribution in [0.1, 0.15) is 10.6 Å². The van der Waals surface area contributed by atoms with Gasteiger partial charge < -0.3 is 5.11 Å². The van der Waals surface area contributed by atoms with Gasteiger partial charge in [0.2, 0.25) is 0 Å². The molecule has 108 valence electrons. The lowest BCUT2D eigenvalue weighted by Gasteiger charge is -2.01. The van der Waals surface area contributed by atoms with E-state index < -0.39 is 5.97 Å². The van der Waals surface area contributed by atoms with E-state index in [0.717, 1.165) is 32.4 Å². The van der Waals surface area contributed by atoms with E-state index in [-0.39, 0.29) is 0 Å². The van der Waals surface area contributed by atoms with Crippen molar-refractivity contribution in [1.82, 2.24) is 4.98 Å². The highest BCUT2D eigenvalue weighted by atomic mass is 32.1. The molecule has 2 aromatic carbocycles. The number of hydrogen-bond acceptors (Lipinski definition) is 3. The second kappa shape index (κ2) is 6.37. The van der Waals surface area contributed by atoms with Crippen LogP contribution in [-0.4, -0.2) is 16.1 Å². The molecule has 0 atom stereocenters. The Morgan fingerprint density at radius 3 is 2.45 bits per heavy atom. The average molecular weight is 307 g/mol. The van der Waals surface area contributed by atoms with Crippen LogP contribution in [0.25, 0.3) is 21.9 Å². The quantitative estimate of drug-likeness (QED) is 0.571. The lowest BCUT2D eigenvalue weighted by molar-refractivity contribution is -0.131. The molecule has 0 spiro atoms. The minimum absolute atomic E-state index is 0.821. The number of fused-ring (bicyclic) bond motifs is 1. The summed E-state index contributed by atoms with van der Waals surface area (Å²) in [6, 6.07) is 17.6. The zero-order valence-corrected chi connectivity index (χ0v) is 12.5. The molecule has 3 rings (SSSR count). The standard InChI is InChI=1S/C18H13NO2S/c20-18(21)11-10-14(13-6-2-1-3-7-13)12-17-19-15-8-4-5-9-16(15)22-17/h1-12H,(H,20,21)/b11-10+,14-12+. The number of aliphatic carboxylic acids is 1. The maximum absolute atomic E-state index is 10.8. The number of rotatable bonds is 4. The molecule has 0 aliphatic heterocycles. The molecule has 1 aromatic heterocycles. The number of carboxylic acid groups (broad SMARTS) is 1. The number of para-hydroxylation sites is 1. The fraction of sp³-hybridized carbons (Fsp3) is 0. The van der Waals surface area contributed by atoms with Gasteiger partial charge in [-0.05, 0) is 35.4 Å². The molecule has 3 aromatic rings. The third-order valence-corrected chi connectivity index (χ3v) is 4.09. The normalized spacial score (nSPS) is 12.1. The Balaban J connectivity index is 2.05. The molecule has 0 amide bonds. The molecule has 0 aliphatic rings. The third-order valence-electron chi connectivity index (χ3n) is 3.10. The summed E-state index contributed by atoms with van der Waals surface area (Å²) < 4.78 is 1.11. The molecule has 0 bridgehead atoms. The Hall–Kier alpha value is -2.72. The van der Waals surface area contributed by atoms with Gasteiger partial charge in [0, 0.05) is 6.08 Å². The summed E-state index contributed by atoms with van der Waals surface area (Å²) in [5, 5.41) is 9.72. The van der Waals surface area contributed by atoms with Crippen molar-refractivity contribution in [1.29, 1.82) is 0 Å². The second-order valence-electron chi connectivity index (χ2n) is 4.66. The molecule has 0 radical (unpaired) electrons. The van der Waals surface area contributed by atoms with Gasteiger partial charge in [-0.2, -0.15) is 0 Å². The molecule has 0 saturated heterocycles. The van der Waals surface area contributed by atoms with Gasteiger partial charge in [0.1, 0.15) is 5.01 Å². The number of thiazole rings is 1. The van der Waals surface area contributed by atoms with Crippen molar-refractivity contribution in [3.05, 3.63) is 77.3 Å². The maximum atomic E-state index is 10.8. The molecule has 0 aliphatic carbocycles. The number of aromatic nitrogens is 1. The molecule has 1 heterocycles. The molecule has 0 fully saturated rings. The van der Waals surface area contributed by atoms with Crippen molar-refractivity contribution in [2.45, 2.75) is 0 Å². The number of allylic oxidation sites excluding steroid dienone is 2. The highest BCUT2D eigenvalue weighted by Crippen LogP contribution is 2.26. The van der Waals surface area contributed by atoms with Crippen LogP contribution >= 0.6 is 11.3 Å². The molecule has 0 saturated carbocycles. The fourth-order valence-corrected chi connectivity index (χ4v) is 3.02. The van der Waals surface area contributed by atoms with Crippen LogP contribution in [0.3, 0.4) is 0 Å². The van der Waals surface area contributed by atoms with Gasteiger partial charge in [-0.25, -0.2) is 9.78 Å². The zero-order valence-electron chi connectivity index (χ0n) is 11.6. The van der Waals surface area contributed by atoms with E-state index in [1.54, 1.807) is 17.4 Å². The SMILES string of the molecule is O=C(O)/C=C/C(=C\c1nc2ccccc2s1)c1ccccc1. The topological polar surface area (TPSA) is 50.2 Å². The van der Waals surface area contributed by atoms with Gasteiger partial charge >= 0.3 is 5.97 Å². The van der Waals surface area contributed by atoms with Gasteiger partial charge in [-0.3, -0.25) is 0 Å². The van der Waals surface area contributed by atoms with Crippen LogP contribution in [0.15, 0.2) is 66.7 Å². The van der Waals surface area contributed by atoms with E-state index in [4.69, 9.17) is 5.11 Å². The number of benzene rings is 2. The molecule has 22 heavy (non-hydrogen) atoms. The molecule has 1 N–H and O–H groups in total. The van der Waals surface area contributed by atoms with E-state index in [1.165, 1.54) is 0 Å². The smallest absolute Gasteiger partial charge is 0.328 e. The van der Waals surface area contributed by atoms with E-state index in [2.05, 4.69) is 4.98 Å². The van der Waals surface area contributed by atoms with Crippen LogP contribution in [0.4, 0.5) is 0 Å². The summed E-state index contributed by atoms with van der Waals surface area (Å²) in [6.45, 7) is 0. The first-order valence-corrected chi connectivity index (χ1v) is 7.58. The minimum atomic E-state index is -0.967. The second-order valence-corrected chi connectivity index (χ2v) is 5.72. The Morgan fingerprint density at radius 1 is 1.00 bits per heavy atom. The molecule has 0 unspecified atom stereocenters. The van der Waals surface area contributed by atoms with Crippen molar-refractivity contribution in [3.8, 4) is 0 Å². The Kier molecular flexibility index (Phi) is 4.12. The summed E-state index contributed by atoms with van der Waals surface area (Å²) in [7, 11) is 0. The first kappa shape index (κ1) is 14.2. The van der Waals surface area contributed by atoms with Crippen molar-refractivity contribution < 1.29 is 9.90 Å². The first-order chi connectivity index (χ1) is 10.7. The van der Waals surface area contributed by atoms with Crippen LogP contribution in [-0.2, 0) is 4.79 Å². The van der Waals surface area contributed by atoms with Crippen molar-refractivity contribution in [2.75, 3.05) is 0 Å². The first-order valence-electron chi connectivity index (χ1n) is 6.76. The maximum Gasteiger partial charge on any atom is 0.328 e. The van der Waals surface area contributed by atoms with Gasteiger partial charge in [-0.15, -0.1) is 11.3 Å². The number of nitrogens with zero attached hydrogens (tertiary/aromatic N) is 1. The summed E-state index contributed by atoms with van der Waals surface area (Å²) in [5.74, 6) is -0.967. The van der Waals surface area contributed by atoms with E-state index in [9.17, 15) is 4.79 Å².